The van der Waals surface area contributed by atoms with Gasteiger partial charge in [0.1, 0.15) is 17.8 Å². The number of ether oxygens (including phenoxy) is 1. The number of aromatic nitrogens is 1. The summed E-state index contributed by atoms with van der Waals surface area (Å²) in [6.07, 6.45) is 6.36. The van der Waals surface area contributed by atoms with Crippen molar-refractivity contribution in [3.63, 3.8) is 0 Å². The van der Waals surface area contributed by atoms with E-state index < -0.39 is 4.92 Å². The molecule has 2 rings (SSSR count). The summed E-state index contributed by atoms with van der Waals surface area (Å²) in [7, 11) is 0. The third-order valence-electron chi connectivity index (χ3n) is 3.35. The molecule has 0 amide bonds. The van der Waals surface area contributed by atoms with Gasteiger partial charge in [0.25, 0.3) is 5.69 Å². The number of nitrogens with two attached hydrogens (primary N) is 1. The van der Waals surface area contributed by atoms with Crippen molar-refractivity contribution in [1.29, 1.82) is 0 Å². The van der Waals surface area contributed by atoms with E-state index in [1.807, 2.05) is 0 Å². The van der Waals surface area contributed by atoms with Gasteiger partial charge in [-0.3, -0.25) is 10.1 Å². The maximum Gasteiger partial charge on any atom is 0.289 e. The Kier molecular flexibility index (Phi) is 4.21. The first-order chi connectivity index (χ1) is 9.00. The minimum Gasteiger partial charge on any atom is -0.475 e. The highest BCUT2D eigenvalue weighted by Crippen LogP contribution is 2.29. The third kappa shape index (κ3) is 3.54. The molecule has 1 aromatic rings. The highest BCUT2D eigenvalue weighted by Gasteiger charge is 2.28. The Morgan fingerprint density at radius 1 is 1.47 bits per heavy atom. The molecule has 1 fully saturated rings. The van der Waals surface area contributed by atoms with Gasteiger partial charge in [0.05, 0.1) is 10.5 Å². The van der Waals surface area contributed by atoms with E-state index in [1.165, 1.54) is 12.5 Å². The molecule has 104 valence electrons. The standard InChI is InChI=1S/C12H16ClN3O3/c13-10-6-9(16(17)18)7-15-11(10)19-8-12(14)4-2-1-3-5-12/h6-7H,1-5,8,14H2. The SMILES string of the molecule is NC1(COc2ncc([N+](=O)[O-])cc2Cl)CCCCC1. The molecule has 0 aromatic carbocycles. The molecular formula is C12H16ClN3O3. The lowest BCUT2D eigenvalue weighted by Crippen LogP contribution is -2.47. The molecule has 0 saturated heterocycles. The summed E-state index contributed by atoms with van der Waals surface area (Å²) in [6, 6.07) is 1.23. The lowest BCUT2D eigenvalue weighted by molar-refractivity contribution is -0.385. The molecule has 0 aliphatic heterocycles. The molecule has 1 aliphatic carbocycles. The summed E-state index contributed by atoms with van der Waals surface area (Å²) in [6.45, 7) is 0.331. The van der Waals surface area contributed by atoms with Gasteiger partial charge >= 0.3 is 0 Å². The van der Waals surface area contributed by atoms with Gasteiger partial charge in [-0.1, -0.05) is 30.9 Å². The quantitative estimate of drug-likeness (QED) is 0.678. The van der Waals surface area contributed by atoms with Crippen molar-refractivity contribution in [3.05, 3.63) is 27.4 Å². The number of halogens is 1. The van der Waals surface area contributed by atoms with Crippen LogP contribution < -0.4 is 10.5 Å². The lowest BCUT2D eigenvalue weighted by Gasteiger charge is -2.32. The van der Waals surface area contributed by atoms with Gasteiger partial charge in [0.15, 0.2) is 0 Å². The van der Waals surface area contributed by atoms with Gasteiger partial charge < -0.3 is 10.5 Å². The first-order valence-electron chi connectivity index (χ1n) is 6.22. The van der Waals surface area contributed by atoms with Crippen molar-refractivity contribution >= 4 is 17.3 Å². The Hall–Kier alpha value is -1.40. The fraction of sp³-hybridized carbons (Fsp3) is 0.583. The molecule has 0 unspecified atom stereocenters. The topological polar surface area (TPSA) is 91.3 Å². The second-order valence-corrected chi connectivity index (χ2v) is 5.36. The van der Waals surface area contributed by atoms with Crippen LogP contribution in [0.2, 0.25) is 5.02 Å². The second-order valence-electron chi connectivity index (χ2n) is 4.95. The van der Waals surface area contributed by atoms with Crippen LogP contribution in [0.25, 0.3) is 0 Å². The molecule has 1 saturated carbocycles. The van der Waals surface area contributed by atoms with Gasteiger partial charge in [-0.25, -0.2) is 4.98 Å². The molecule has 1 aliphatic rings. The largest absolute Gasteiger partial charge is 0.475 e. The van der Waals surface area contributed by atoms with Crippen molar-refractivity contribution < 1.29 is 9.66 Å². The second kappa shape index (κ2) is 5.71. The highest BCUT2D eigenvalue weighted by molar-refractivity contribution is 6.32. The minimum absolute atomic E-state index is 0.133. The summed E-state index contributed by atoms with van der Waals surface area (Å²) >= 11 is 5.90. The summed E-state index contributed by atoms with van der Waals surface area (Å²) < 4.78 is 5.52. The Balaban J connectivity index is 2.01. The molecule has 0 spiro atoms. The van der Waals surface area contributed by atoms with Crippen LogP contribution in [0.5, 0.6) is 5.88 Å². The maximum absolute atomic E-state index is 10.6. The van der Waals surface area contributed by atoms with E-state index >= 15 is 0 Å². The van der Waals surface area contributed by atoms with Gasteiger partial charge in [-0.15, -0.1) is 0 Å². The zero-order valence-corrected chi connectivity index (χ0v) is 11.2. The molecule has 0 atom stereocenters. The van der Waals surface area contributed by atoms with E-state index in [0.29, 0.717) is 6.61 Å². The zero-order chi connectivity index (χ0) is 13.9. The van der Waals surface area contributed by atoms with E-state index in [1.54, 1.807) is 0 Å². The highest BCUT2D eigenvalue weighted by atomic mass is 35.5. The summed E-state index contributed by atoms with van der Waals surface area (Å²) in [5, 5.41) is 10.7. The smallest absolute Gasteiger partial charge is 0.289 e. The monoisotopic (exact) mass is 285 g/mol. The molecule has 0 bridgehead atoms. The first kappa shape index (κ1) is 14.0. The van der Waals surface area contributed by atoms with E-state index in [9.17, 15) is 10.1 Å². The molecule has 19 heavy (non-hydrogen) atoms. The molecular weight excluding hydrogens is 270 g/mol. The summed E-state index contributed by atoms with van der Waals surface area (Å²) in [5.41, 5.74) is 5.73. The van der Waals surface area contributed by atoms with Crippen molar-refractivity contribution in [2.24, 2.45) is 5.73 Å². The number of pyridine rings is 1. The van der Waals surface area contributed by atoms with Crippen LogP contribution in [0, 0.1) is 10.1 Å². The average Bonchev–Trinajstić information content (AvgIpc) is 2.38. The van der Waals surface area contributed by atoms with Gasteiger partial charge in [0.2, 0.25) is 5.88 Å². The summed E-state index contributed by atoms with van der Waals surface area (Å²) in [4.78, 5) is 13.9. The van der Waals surface area contributed by atoms with E-state index in [0.717, 1.165) is 31.9 Å². The molecule has 1 heterocycles. The number of rotatable bonds is 4. The first-order valence-corrected chi connectivity index (χ1v) is 6.60. The predicted octanol–water partition coefficient (Wildman–Crippen LogP) is 2.68. The van der Waals surface area contributed by atoms with E-state index in [4.69, 9.17) is 22.1 Å². The Labute approximate surface area is 116 Å². The van der Waals surface area contributed by atoms with Crippen LogP contribution in [0.15, 0.2) is 12.3 Å². The predicted molar refractivity (Wildman–Crippen MR) is 71.4 cm³/mol. The van der Waals surface area contributed by atoms with Crippen LogP contribution in [-0.4, -0.2) is 22.1 Å². The number of nitro groups is 1. The zero-order valence-electron chi connectivity index (χ0n) is 10.5. The van der Waals surface area contributed by atoms with Gasteiger partial charge in [-0.2, -0.15) is 0 Å². The number of nitrogens with zero attached hydrogens (tertiary/aromatic N) is 2. The number of hydrogen-bond donors (Lipinski definition) is 1. The van der Waals surface area contributed by atoms with Crippen LogP contribution in [0.1, 0.15) is 32.1 Å². The molecule has 2 N–H and O–H groups in total. The fourth-order valence-electron chi connectivity index (χ4n) is 2.23. The van der Waals surface area contributed by atoms with Crippen LogP contribution in [0.3, 0.4) is 0 Å². The molecule has 0 radical (unpaired) electrons. The van der Waals surface area contributed by atoms with Gasteiger partial charge in [-0.05, 0) is 12.8 Å². The van der Waals surface area contributed by atoms with Crippen molar-refractivity contribution in [1.82, 2.24) is 4.98 Å². The Morgan fingerprint density at radius 3 is 2.74 bits per heavy atom. The molecule has 1 aromatic heterocycles. The molecule has 6 nitrogen and oxygen atoms in total. The lowest BCUT2D eigenvalue weighted by atomic mass is 9.83. The summed E-state index contributed by atoms with van der Waals surface area (Å²) in [5.74, 6) is 0.197. The van der Waals surface area contributed by atoms with Crippen LogP contribution >= 0.6 is 11.6 Å². The van der Waals surface area contributed by atoms with Crippen LogP contribution in [-0.2, 0) is 0 Å². The number of hydrogen-bond acceptors (Lipinski definition) is 5. The van der Waals surface area contributed by atoms with Crippen molar-refractivity contribution in [2.75, 3.05) is 6.61 Å². The minimum atomic E-state index is -0.547. The average molecular weight is 286 g/mol. The Morgan fingerprint density at radius 2 is 2.16 bits per heavy atom. The normalized spacial score (nSPS) is 18.0. The van der Waals surface area contributed by atoms with Crippen LogP contribution in [0.4, 0.5) is 5.69 Å². The maximum atomic E-state index is 10.6. The Bertz CT molecular complexity index is 475. The van der Waals surface area contributed by atoms with E-state index in [-0.39, 0.29) is 22.1 Å². The van der Waals surface area contributed by atoms with Crippen molar-refractivity contribution in [3.8, 4) is 5.88 Å². The van der Waals surface area contributed by atoms with Gasteiger partial charge in [0, 0.05) is 6.07 Å². The third-order valence-corrected chi connectivity index (χ3v) is 3.62. The van der Waals surface area contributed by atoms with E-state index in [2.05, 4.69) is 4.98 Å². The fourth-order valence-corrected chi connectivity index (χ4v) is 2.45. The molecule has 7 heteroatoms. The van der Waals surface area contributed by atoms with Crippen molar-refractivity contribution in [2.45, 2.75) is 37.6 Å².